The molecule has 0 saturated heterocycles. The zero-order valence-electron chi connectivity index (χ0n) is 16.6. The van der Waals surface area contributed by atoms with Crippen LogP contribution in [-0.2, 0) is 15.6 Å². The maximum absolute atomic E-state index is 11.4. The van der Waals surface area contributed by atoms with Crippen molar-refractivity contribution in [2.24, 2.45) is 0 Å². The maximum Gasteiger partial charge on any atom is 0.316 e. The van der Waals surface area contributed by atoms with Crippen molar-refractivity contribution in [1.29, 1.82) is 0 Å². The Hall–Kier alpha value is -1.50. The summed E-state index contributed by atoms with van der Waals surface area (Å²) in [7, 11) is -1.27. The van der Waals surface area contributed by atoms with Gasteiger partial charge in [0, 0.05) is 23.0 Å². The average molecular weight is 402 g/mol. The molecular weight excluding hydrogens is 366 g/mol. The number of rotatable bonds is 18. The van der Waals surface area contributed by atoms with Gasteiger partial charge >= 0.3 is 5.97 Å². The number of carbonyl (C=O) groups is 1. The number of hydrogen-bond acceptors (Lipinski definition) is 4. The Morgan fingerprint density at radius 2 is 1.70 bits per heavy atom. The van der Waals surface area contributed by atoms with Gasteiger partial charge in [0.25, 0.3) is 0 Å². The second-order valence-electron chi connectivity index (χ2n) is 6.71. The van der Waals surface area contributed by atoms with Crippen LogP contribution in [0.1, 0.15) is 84.0 Å². The Morgan fingerprint density at radius 1 is 1.04 bits per heavy atom. The van der Waals surface area contributed by atoms with Gasteiger partial charge in [-0.3, -0.25) is 19.1 Å². The Morgan fingerprint density at radius 3 is 2.33 bits per heavy atom. The van der Waals surface area contributed by atoms with Crippen molar-refractivity contribution in [2.45, 2.75) is 84.0 Å². The third-order valence-corrected chi connectivity index (χ3v) is 5.52. The maximum atomic E-state index is 11.4. The number of allylic oxidation sites excluding steroid dienone is 4. The molecule has 0 spiro atoms. The number of aliphatic carboxylic acids is 1. The summed E-state index contributed by atoms with van der Waals surface area (Å²) in [4.78, 5) is 21.2. The second-order valence-corrected chi connectivity index (χ2v) is 8.29. The van der Waals surface area contributed by atoms with Crippen LogP contribution in [0.4, 0.5) is 0 Å². The minimum atomic E-state index is -1.27. The lowest BCUT2D eigenvalue weighted by molar-refractivity contribution is -0.428. The molecule has 0 heterocycles. The van der Waals surface area contributed by atoms with E-state index < -0.39 is 16.8 Å². The van der Waals surface area contributed by atoms with Gasteiger partial charge in [-0.1, -0.05) is 57.6 Å². The van der Waals surface area contributed by atoms with Gasteiger partial charge in [0.15, 0.2) is 0 Å². The van der Waals surface area contributed by atoms with Gasteiger partial charge in [0.1, 0.15) is 5.75 Å². The first-order valence-electron chi connectivity index (χ1n) is 10.0. The van der Waals surface area contributed by atoms with E-state index in [9.17, 15) is 19.1 Å². The highest BCUT2D eigenvalue weighted by molar-refractivity contribution is 7.85. The van der Waals surface area contributed by atoms with Gasteiger partial charge in [0.2, 0.25) is 5.70 Å². The van der Waals surface area contributed by atoms with E-state index in [-0.39, 0.29) is 10.7 Å². The molecule has 0 saturated carbocycles. The molecule has 27 heavy (non-hydrogen) atoms. The Bertz CT molecular complexity index is 503. The molecule has 0 fully saturated rings. The third kappa shape index (κ3) is 17.7. The number of nitrogens with zero attached hydrogens (tertiary/aromatic N) is 1. The Labute approximate surface area is 165 Å². The third-order valence-electron chi connectivity index (χ3n) is 4.20. The molecule has 1 unspecified atom stereocenters. The molecule has 0 aliphatic rings. The van der Waals surface area contributed by atoms with Crippen molar-refractivity contribution in [3.05, 3.63) is 34.0 Å². The first kappa shape index (κ1) is 25.5. The molecule has 7 heteroatoms. The lowest BCUT2D eigenvalue weighted by atomic mass is 10.1. The average Bonchev–Trinajstić information content (AvgIpc) is 2.60. The quantitative estimate of drug-likeness (QED) is 0.147. The summed E-state index contributed by atoms with van der Waals surface area (Å²) in [5.74, 6) is -0.855. The zero-order valence-corrected chi connectivity index (χ0v) is 17.4. The number of carboxylic acids is 1. The molecule has 1 atom stereocenters. The van der Waals surface area contributed by atoms with Gasteiger partial charge < -0.3 is 5.11 Å². The monoisotopic (exact) mass is 401 g/mol. The molecule has 0 rings (SSSR count). The molecule has 0 aromatic carbocycles. The summed E-state index contributed by atoms with van der Waals surface area (Å²) in [6, 6.07) is 0. The van der Waals surface area contributed by atoms with Crippen LogP contribution in [0.2, 0.25) is 0 Å². The lowest BCUT2D eigenvalue weighted by Gasteiger charge is -2.02. The molecule has 156 valence electrons. The van der Waals surface area contributed by atoms with Crippen molar-refractivity contribution in [1.82, 2.24) is 0 Å². The zero-order chi connectivity index (χ0) is 20.3. The lowest BCUT2D eigenvalue weighted by Crippen LogP contribution is -2.11. The first-order chi connectivity index (χ1) is 13.0. The summed E-state index contributed by atoms with van der Waals surface area (Å²) in [6.07, 6.45) is 17.0. The van der Waals surface area contributed by atoms with Crippen LogP contribution in [0, 0.1) is 10.1 Å². The summed E-state index contributed by atoms with van der Waals surface area (Å²) in [5.41, 5.74) is 0.303. The van der Waals surface area contributed by atoms with Crippen molar-refractivity contribution >= 4 is 16.8 Å². The largest absolute Gasteiger partial charge is 0.481 e. The van der Waals surface area contributed by atoms with Crippen LogP contribution in [0.5, 0.6) is 0 Å². The number of unbranched alkanes of at least 4 members (excludes halogenated alkanes) is 8. The van der Waals surface area contributed by atoms with Gasteiger partial charge in [0.05, 0.1) is 4.92 Å². The van der Waals surface area contributed by atoms with Gasteiger partial charge in [-0.15, -0.1) is 0 Å². The van der Waals surface area contributed by atoms with Crippen LogP contribution in [0.3, 0.4) is 0 Å². The molecule has 6 nitrogen and oxygen atoms in total. The summed E-state index contributed by atoms with van der Waals surface area (Å²) < 4.78 is 11.4. The van der Waals surface area contributed by atoms with E-state index >= 15 is 0 Å². The fourth-order valence-electron chi connectivity index (χ4n) is 2.68. The highest BCUT2D eigenvalue weighted by atomic mass is 32.2. The van der Waals surface area contributed by atoms with Crippen LogP contribution >= 0.6 is 0 Å². The van der Waals surface area contributed by atoms with E-state index in [4.69, 9.17) is 5.11 Å². The van der Waals surface area contributed by atoms with Crippen LogP contribution in [0.25, 0.3) is 0 Å². The Balaban J connectivity index is 3.78. The first-order valence-corrected chi connectivity index (χ1v) is 11.5. The second kappa shape index (κ2) is 17.9. The van der Waals surface area contributed by atoms with Gasteiger partial charge in [-0.2, -0.15) is 0 Å². The molecule has 0 aromatic heterocycles. The molecular formula is C20H35NO5S. The van der Waals surface area contributed by atoms with E-state index in [2.05, 4.69) is 13.0 Å². The number of hydrogen-bond donors (Lipinski definition) is 1. The van der Waals surface area contributed by atoms with E-state index in [1.54, 1.807) is 6.08 Å². The van der Waals surface area contributed by atoms with Crippen LogP contribution < -0.4 is 0 Å². The molecule has 0 aliphatic heterocycles. The van der Waals surface area contributed by atoms with Crippen LogP contribution in [0.15, 0.2) is 23.9 Å². The predicted molar refractivity (Wildman–Crippen MR) is 111 cm³/mol. The van der Waals surface area contributed by atoms with Crippen molar-refractivity contribution in [3.8, 4) is 0 Å². The molecule has 0 aliphatic carbocycles. The molecule has 0 bridgehead atoms. The summed E-state index contributed by atoms with van der Waals surface area (Å²) >= 11 is 0. The SMILES string of the molecule is CCCCCC=CCC=C(CCCCCCCCS(=O)CC(=O)O)[N+](=O)[O-]. The van der Waals surface area contributed by atoms with E-state index in [1.165, 1.54) is 19.3 Å². The minimum absolute atomic E-state index is 0.274. The van der Waals surface area contributed by atoms with Crippen molar-refractivity contribution < 1.29 is 19.0 Å². The van der Waals surface area contributed by atoms with E-state index in [0.717, 1.165) is 44.9 Å². The normalized spacial score (nSPS) is 13.1. The smallest absolute Gasteiger partial charge is 0.316 e. The fraction of sp³-hybridized carbons (Fsp3) is 0.750. The van der Waals surface area contributed by atoms with Crippen LogP contribution in [-0.4, -0.2) is 31.7 Å². The van der Waals surface area contributed by atoms with Gasteiger partial charge in [-0.05, 0) is 38.2 Å². The highest BCUT2D eigenvalue weighted by Crippen LogP contribution is 2.13. The van der Waals surface area contributed by atoms with Gasteiger partial charge in [-0.25, -0.2) is 0 Å². The van der Waals surface area contributed by atoms with E-state index in [0.29, 0.717) is 24.3 Å². The minimum Gasteiger partial charge on any atom is -0.481 e. The fourth-order valence-corrected chi connectivity index (χ4v) is 3.63. The number of nitro groups is 1. The molecule has 0 aromatic rings. The summed E-state index contributed by atoms with van der Waals surface area (Å²) in [5, 5.41) is 19.6. The standard InChI is InChI=1S/C20H35NO5S/c1-2-3-4-5-6-9-12-15-19(21(24)25)16-13-10-7-8-11-14-17-27(26)18-20(22)23/h6,9,15H,2-5,7-8,10-14,16-18H2,1H3,(H,22,23). The van der Waals surface area contributed by atoms with Crippen molar-refractivity contribution in [2.75, 3.05) is 11.5 Å². The number of carboxylic acid groups (broad SMARTS) is 1. The van der Waals surface area contributed by atoms with E-state index in [1.807, 2.05) is 6.08 Å². The predicted octanol–water partition coefficient (Wildman–Crippen LogP) is 5.24. The Kier molecular flexibility index (Phi) is 16.9. The highest BCUT2D eigenvalue weighted by Gasteiger charge is 2.09. The molecule has 1 N–H and O–H groups in total. The molecule has 0 amide bonds. The summed E-state index contributed by atoms with van der Waals surface area (Å²) in [6.45, 7) is 2.17. The topological polar surface area (TPSA) is 97.5 Å². The molecule has 0 radical (unpaired) electrons. The van der Waals surface area contributed by atoms with Crippen molar-refractivity contribution in [3.63, 3.8) is 0 Å².